The van der Waals surface area contributed by atoms with Crippen LogP contribution in [-0.2, 0) is 19.9 Å². The molecule has 0 saturated carbocycles. The van der Waals surface area contributed by atoms with Crippen LogP contribution in [0, 0.1) is 5.92 Å². The summed E-state index contributed by atoms with van der Waals surface area (Å²) in [5.74, 6) is -0.311. The van der Waals surface area contributed by atoms with Gasteiger partial charge in [0.05, 0.1) is 6.61 Å². The summed E-state index contributed by atoms with van der Waals surface area (Å²) in [5, 5.41) is 2.31. The predicted octanol–water partition coefficient (Wildman–Crippen LogP) is 5.22. The normalized spacial score (nSPS) is 22.7. The third-order valence-corrected chi connectivity index (χ3v) is 6.03. The van der Waals surface area contributed by atoms with Crippen LogP contribution in [0.1, 0.15) is 24.5 Å². The molecule has 1 saturated heterocycles. The molecule has 0 spiro atoms. The van der Waals surface area contributed by atoms with Crippen LogP contribution in [0.2, 0.25) is 0 Å². The minimum absolute atomic E-state index is 0.0518. The van der Waals surface area contributed by atoms with Crippen LogP contribution in [0.25, 0.3) is 21.9 Å². The third-order valence-electron chi connectivity index (χ3n) is 6.03. The Morgan fingerprint density at radius 2 is 1.75 bits per heavy atom. The van der Waals surface area contributed by atoms with Crippen molar-refractivity contribution in [3.8, 4) is 11.1 Å². The molecule has 2 aliphatic rings. The highest BCUT2D eigenvalue weighted by atomic mass is 16.6. The molecule has 0 N–H and O–H groups in total. The van der Waals surface area contributed by atoms with Crippen LogP contribution in [0.15, 0.2) is 72.8 Å². The van der Waals surface area contributed by atoms with Crippen molar-refractivity contribution in [3.63, 3.8) is 0 Å². The van der Waals surface area contributed by atoms with E-state index in [0.717, 1.165) is 33.9 Å². The Balaban J connectivity index is 1.91. The molecule has 0 bridgehead atoms. The van der Waals surface area contributed by atoms with Crippen molar-refractivity contribution in [2.24, 2.45) is 5.92 Å². The first kappa shape index (κ1) is 17.2. The minimum atomic E-state index is -0.878. The third kappa shape index (κ3) is 2.29. The standard InChI is InChI=1S/C25H22O3/c1-16(2)24(26)28-25(18-13-14-27-15-18)21-11-4-3-9-19(21)20-10-5-7-17-8-6-12-22(25)23(17)20/h3-12,18H,1,13-15H2,2H3. The van der Waals surface area contributed by atoms with Gasteiger partial charge in [0.2, 0.25) is 0 Å². The van der Waals surface area contributed by atoms with E-state index in [0.29, 0.717) is 18.8 Å². The number of carbonyl (C=O) groups excluding carboxylic acids is 1. The van der Waals surface area contributed by atoms with Gasteiger partial charge in [-0.15, -0.1) is 0 Å². The van der Waals surface area contributed by atoms with Gasteiger partial charge >= 0.3 is 5.97 Å². The number of fused-ring (bicyclic) bond motifs is 2. The number of benzene rings is 3. The molecule has 1 aliphatic carbocycles. The lowest BCUT2D eigenvalue weighted by Gasteiger charge is -2.43. The molecular weight excluding hydrogens is 348 g/mol. The van der Waals surface area contributed by atoms with Gasteiger partial charge in [0.25, 0.3) is 0 Å². The summed E-state index contributed by atoms with van der Waals surface area (Å²) >= 11 is 0. The van der Waals surface area contributed by atoms with Gasteiger partial charge in [-0.2, -0.15) is 0 Å². The molecule has 5 rings (SSSR count). The summed E-state index contributed by atoms with van der Waals surface area (Å²) in [5.41, 5.74) is 3.91. The van der Waals surface area contributed by atoms with E-state index >= 15 is 0 Å². The Labute approximate surface area is 164 Å². The average Bonchev–Trinajstić information content (AvgIpc) is 3.26. The lowest BCUT2D eigenvalue weighted by Crippen LogP contribution is -2.43. The monoisotopic (exact) mass is 370 g/mol. The van der Waals surface area contributed by atoms with Crippen molar-refractivity contribution in [3.05, 3.63) is 83.9 Å². The zero-order valence-electron chi connectivity index (χ0n) is 15.9. The van der Waals surface area contributed by atoms with Gasteiger partial charge in [0.15, 0.2) is 5.60 Å². The van der Waals surface area contributed by atoms with E-state index in [-0.39, 0.29) is 11.9 Å². The van der Waals surface area contributed by atoms with Crippen LogP contribution in [0.5, 0.6) is 0 Å². The first-order chi connectivity index (χ1) is 13.6. The van der Waals surface area contributed by atoms with Gasteiger partial charge in [-0.25, -0.2) is 4.79 Å². The van der Waals surface area contributed by atoms with Gasteiger partial charge < -0.3 is 9.47 Å². The summed E-state index contributed by atoms with van der Waals surface area (Å²) in [4.78, 5) is 12.9. The number of carbonyl (C=O) groups is 1. The maximum absolute atomic E-state index is 12.9. The molecule has 0 aromatic heterocycles. The molecule has 3 nitrogen and oxygen atoms in total. The fourth-order valence-electron chi connectivity index (χ4n) is 4.78. The summed E-state index contributed by atoms with van der Waals surface area (Å²) in [6.07, 6.45) is 0.844. The number of hydrogen-bond acceptors (Lipinski definition) is 3. The van der Waals surface area contributed by atoms with Crippen molar-refractivity contribution >= 4 is 16.7 Å². The first-order valence-electron chi connectivity index (χ1n) is 9.71. The molecular formula is C25H22O3. The SMILES string of the molecule is C=C(C)C(=O)OC1(C2CCOC2)c2ccccc2-c2cccc3cccc1c23. The molecule has 140 valence electrons. The summed E-state index contributed by atoms with van der Waals surface area (Å²) in [6, 6.07) is 20.9. The summed E-state index contributed by atoms with van der Waals surface area (Å²) in [7, 11) is 0. The highest BCUT2D eigenvalue weighted by Crippen LogP contribution is 2.54. The van der Waals surface area contributed by atoms with E-state index in [1.54, 1.807) is 6.92 Å². The van der Waals surface area contributed by atoms with Crippen molar-refractivity contribution in [1.29, 1.82) is 0 Å². The molecule has 28 heavy (non-hydrogen) atoms. The second-order valence-electron chi connectivity index (χ2n) is 7.72. The molecule has 0 radical (unpaired) electrons. The van der Waals surface area contributed by atoms with E-state index in [9.17, 15) is 4.79 Å². The van der Waals surface area contributed by atoms with Gasteiger partial charge in [0, 0.05) is 29.2 Å². The summed E-state index contributed by atoms with van der Waals surface area (Å²) in [6.45, 7) is 6.76. The van der Waals surface area contributed by atoms with Gasteiger partial charge in [-0.3, -0.25) is 0 Å². The maximum atomic E-state index is 12.9. The number of rotatable bonds is 3. The lowest BCUT2D eigenvalue weighted by molar-refractivity contribution is -0.157. The Morgan fingerprint density at radius 3 is 2.50 bits per heavy atom. The van der Waals surface area contributed by atoms with E-state index in [4.69, 9.17) is 9.47 Å². The van der Waals surface area contributed by atoms with Crippen LogP contribution in [0.3, 0.4) is 0 Å². The van der Waals surface area contributed by atoms with Gasteiger partial charge in [-0.05, 0) is 35.2 Å². The average molecular weight is 370 g/mol. The molecule has 2 atom stereocenters. The first-order valence-corrected chi connectivity index (χ1v) is 9.71. The Hall–Kier alpha value is -2.91. The molecule has 3 aromatic rings. The van der Waals surface area contributed by atoms with Crippen molar-refractivity contribution in [1.82, 2.24) is 0 Å². The van der Waals surface area contributed by atoms with Crippen LogP contribution in [0.4, 0.5) is 0 Å². The van der Waals surface area contributed by atoms with E-state index in [1.807, 2.05) is 12.1 Å². The lowest BCUT2D eigenvalue weighted by atomic mass is 9.67. The maximum Gasteiger partial charge on any atom is 0.334 e. The van der Waals surface area contributed by atoms with Crippen molar-refractivity contribution in [2.45, 2.75) is 18.9 Å². The largest absolute Gasteiger partial charge is 0.445 e. The summed E-state index contributed by atoms with van der Waals surface area (Å²) < 4.78 is 12.1. The smallest absolute Gasteiger partial charge is 0.334 e. The fraction of sp³-hybridized carbons (Fsp3) is 0.240. The van der Waals surface area contributed by atoms with Gasteiger partial charge in [0.1, 0.15) is 0 Å². The predicted molar refractivity (Wildman–Crippen MR) is 110 cm³/mol. The molecule has 3 aromatic carbocycles. The highest BCUT2D eigenvalue weighted by Gasteiger charge is 2.51. The van der Waals surface area contributed by atoms with Crippen molar-refractivity contribution < 1.29 is 14.3 Å². The number of esters is 1. The molecule has 1 heterocycles. The molecule has 0 amide bonds. The molecule has 1 aliphatic heterocycles. The highest BCUT2D eigenvalue weighted by molar-refractivity contribution is 6.03. The van der Waals surface area contributed by atoms with Crippen LogP contribution < -0.4 is 0 Å². The van der Waals surface area contributed by atoms with E-state index < -0.39 is 5.60 Å². The Morgan fingerprint density at radius 1 is 1.04 bits per heavy atom. The van der Waals surface area contributed by atoms with Crippen LogP contribution in [-0.4, -0.2) is 19.2 Å². The fourth-order valence-corrected chi connectivity index (χ4v) is 4.78. The molecule has 1 fully saturated rings. The van der Waals surface area contributed by atoms with E-state index in [2.05, 4.69) is 55.1 Å². The van der Waals surface area contributed by atoms with Gasteiger partial charge in [-0.1, -0.05) is 67.2 Å². The zero-order chi connectivity index (χ0) is 19.3. The minimum Gasteiger partial charge on any atom is -0.445 e. The Bertz CT molecular complexity index is 1100. The van der Waals surface area contributed by atoms with Crippen LogP contribution >= 0.6 is 0 Å². The second-order valence-corrected chi connectivity index (χ2v) is 7.72. The van der Waals surface area contributed by atoms with E-state index in [1.165, 1.54) is 5.56 Å². The van der Waals surface area contributed by atoms with Crippen molar-refractivity contribution in [2.75, 3.05) is 13.2 Å². The second kappa shape index (κ2) is 6.32. The number of ether oxygens (including phenoxy) is 2. The number of hydrogen-bond donors (Lipinski definition) is 0. The topological polar surface area (TPSA) is 35.5 Å². The molecule has 2 unspecified atom stereocenters. The zero-order valence-corrected chi connectivity index (χ0v) is 15.9. The Kier molecular flexibility index (Phi) is 3.88. The molecule has 3 heteroatoms. The quantitative estimate of drug-likeness (QED) is 0.468.